The lowest BCUT2D eigenvalue weighted by Gasteiger charge is -2.01. The number of benzene rings is 1. The lowest BCUT2D eigenvalue weighted by Crippen LogP contribution is -1.95. The summed E-state index contributed by atoms with van der Waals surface area (Å²) in [4.78, 5) is 9.98. The highest BCUT2D eigenvalue weighted by atomic mass is 35.5. The summed E-state index contributed by atoms with van der Waals surface area (Å²) in [6, 6.07) is 4.46. The van der Waals surface area contributed by atoms with Gasteiger partial charge in [-0.25, -0.2) is 0 Å². The Morgan fingerprint density at radius 3 is 2.64 bits per heavy atom. The molecule has 0 aromatic heterocycles. The molecule has 14 heavy (non-hydrogen) atoms. The molecule has 1 aromatic rings. The van der Waals surface area contributed by atoms with E-state index >= 15 is 0 Å². The van der Waals surface area contributed by atoms with Crippen LogP contribution in [0.1, 0.15) is 5.56 Å². The first kappa shape index (κ1) is 10.8. The summed E-state index contributed by atoms with van der Waals surface area (Å²) in [5.41, 5.74) is -0.0207. The fraction of sp³-hybridized carbons (Fsp3) is 0.125. The highest BCUT2D eigenvalue weighted by molar-refractivity contribution is 6.36. The van der Waals surface area contributed by atoms with Gasteiger partial charge in [-0.05, 0) is 12.1 Å². The number of hydrogen-bond donors (Lipinski definition) is 0. The van der Waals surface area contributed by atoms with Crippen LogP contribution in [0.3, 0.4) is 0 Å². The molecule has 0 atom stereocenters. The first-order valence-electron chi connectivity index (χ1n) is 3.55. The molecule has 0 unspecified atom stereocenters. The Labute approximate surface area is 89.8 Å². The monoisotopic (exact) mass is 230 g/mol. The number of nitro benzene ring substituents is 1. The quantitative estimate of drug-likeness (QED) is 0.580. The van der Waals surface area contributed by atoms with Gasteiger partial charge in [0.2, 0.25) is 0 Å². The fourth-order valence-corrected chi connectivity index (χ4v) is 1.65. The number of nitriles is 1. The minimum Gasteiger partial charge on any atom is -0.258 e. The first-order valence-corrected chi connectivity index (χ1v) is 4.31. The molecule has 1 rings (SSSR count). The second kappa shape index (κ2) is 4.27. The third-order valence-corrected chi connectivity index (χ3v) is 2.07. The maximum absolute atomic E-state index is 10.6. The SMILES string of the molecule is N#CCc1cc(Cl)cc(Cl)c1[N+](=O)[O-]. The predicted octanol–water partition coefficient (Wildman–Crippen LogP) is 2.97. The summed E-state index contributed by atoms with van der Waals surface area (Å²) in [5, 5.41) is 19.3. The Bertz CT molecular complexity index is 426. The van der Waals surface area contributed by atoms with E-state index in [0.717, 1.165) is 0 Å². The van der Waals surface area contributed by atoms with Crippen LogP contribution in [0.2, 0.25) is 10.0 Å². The minimum atomic E-state index is -0.620. The topological polar surface area (TPSA) is 66.9 Å². The molecule has 0 N–H and O–H groups in total. The van der Waals surface area contributed by atoms with E-state index in [-0.39, 0.29) is 27.7 Å². The number of hydrogen-bond acceptors (Lipinski definition) is 3. The van der Waals surface area contributed by atoms with Crippen LogP contribution >= 0.6 is 23.2 Å². The van der Waals surface area contributed by atoms with Crippen molar-refractivity contribution in [2.45, 2.75) is 6.42 Å². The second-order valence-corrected chi connectivity index (χ2v) is 3.33. The average Bonchev–Trinajstić information content (AvgIpc) is 2.01. The van der Waals surface area contributed by atoms with E-state index in [1.807, 2.05) is 6.07 Å². The van der Waals surface area contributed by atoms with Crippen molar-refractivity contribution in [2.24, 2.45) is 0 Å². The zero-order chi connectivity index (χ0) is 10.7. The van der Waals surface area contributed by atoms with Crippen LogP contribution in [0.25, 0.3) is 0 Å². The molecule has 0 saturated heterocycles. The van der Waals surface area contributed by atoms with Gasteiger partial charge in [-0.15, -0.1) is 0 Å². The third kappa shape index (κ3) is 2.13. The molecule has 0 spiro atoms. The molecule has 0 bridgehead atoms. The van der Waals surface area contributed by atoms with E-state index in [1.54, 1.807) is 0 Å². The highest BCUT2D eigenvalue weighted by Gasteiger charge is 2.19. The van der Waals surface area contributed by atoms with Crippen LogP contribution < -0.4 is 0 Å². The van der Waals surface area contributed by atoms with E-state index in [2.05, 4.69) is 0 Å². The number of rotatable bonds is 2. The van der Waals surface area contributed by atoms with E-state index in [4.69, 9.17) is 28.5 Å². The summed E-state index contributed by atoms with van der Waals surface area (Å²) in [5.74, 6) is 0. The van der Waals surface area contributed by atoms with Crippen molar-refractivity contribution in [3.05, 3.63) is 37.9 Å². The van der Waals surface area contributed by atoms with Gasteiger partial charge in [0.1, 0.15) is 5.02 Å². The normalized spacial score (nSPS) is 9.50. The minimum absolute atomic E-state index is 0.0484. The maximum Gasteiger partial charge on any atom is 0.292 e. The molecular weight excluding hydrogens is 227 g/mol. The molecule has 0 aliphatic rings. The van der Waals surface area contributed by atoms with Gasteiger partial charge in [0.25, 0.3) is 5.69 Å². The zero-order valence-electron chi connectivity index (χ0n) is 6.83. The van der Waals surface area contributed by atoms with E-state index < -0.39 is 4.92 Å². The van der Waals surface area contributed by atoms with Crippen molar-refractivity contribution in [1.82, 2.24) is 0 Å². The standard InChI is InChI=1S/C8H4Cl2N2O2/c9-6-3-5(1-2-11)8(12(13)14)7(10)4-6/h3-4H,1H2. The van der Waals surface area contributed by atoms with Gasteiger partial charge in [0.15, 0.2) is 0 Å². The van der Waals surface area contributed by atoms with Crippen molar-refractivity contribution in [1.29, 1.82) is 5.26 Å². The number of nitrogens with zero attached hydrogens (tertiary/aromatic N) is 2. The van der Waals surface area contributed by atoms with Gasteiger partial charge < -0.3 is 0 Å². The predicted molar refractivity (Wildman–Crippen MR) is 52.4 cm³/mol. The van der Waals surface area contributed by atoms with Gasteiger partial charge in [-0.2, -0.15) is 5.26 Å². The van der Waals surface area contributed by atoms with Gasteiger partial charge in [-0.1, -0.05) is 23.2 Å². The molecule has 4 nitrogen and oxygen atoms in total. The van der Waals surface area contributed by atoms with Crippen LogP contribution in [0.4, 0.5) is 5.69 Å². The Kier molecular flexibility index (Phi) is 3.28. The summed E-state index contributed by atoms with van der Waals surface area (Å²) < 4.78 is 0. The van der Waals surface area contributed by atoms with Crippen LogP contribution in [-0.4, -0.2) is 4.92 Å². The second-order valence-electron chi connectivity index (χ2n) is 2.49. The Hall–Kier alpha value is -1.31. The Morgan fingerprint density at radius 2 is 2.14 bits per heavy atom. The summed E-state index contributed by atoms with van der Waals surface area (Å²) in [6.07, 6.45) is -0.0867. The average molecular weight is 231 g/mol. The van der Waals surface area contributed by atoms with Crippen molar-refractivity contribution in [3.8, 4) is 6.07 Å². The molecule has 0 fully saturated rings. The summed E-state index contributed by atoms with van der Waals surface area (Å²) >= 11 is 11.3. The van der Waals surface area contributed by atoms with Crippen molar-refractivity contribution < 1.29 is 4.92 Å². The smallest absolute Gasteiger partial charge is 0.258 e. The van der Waals surface area contributed by atoms with Crippen molar-refractivity contribution >= 4 is 28.9 Å². The van der Waals surface area contributed by atoms with Gasteiger partial charge in [0, 0.05) is 10.6 Å². The largest absolute Gasteiger partial charge is 0.292 e. The Balaban J connectivity index is 3.38. The molecule has 0 heterocycles. The molecule has 72 valence electrons. The van der Waals surface area contributed by atoms with Crippen LogP contribution in [-0.2, 0) is 6.42 Å². The van der Waals surface area contributed by atoms with Gasteiger partial charge in [0.05, 0.1) is 17.4 Å². The number of nitro groups is 1. The van der Waals surface area contributed by atoms with Crippen LogP contribution in [0.5, 0.6) is 0 Å². The molecule has 6 heteroatoms. The van der Waals surface area contributed by atoms with Crippen molar-refractivity contribution in [2.75, 3.05) is 0 Å². The molecule has 0 amide bonds. The van der Waals surface area contributed by atoms with Gasteiger partial charge >= 0.3 is 0 Å². The molecule has 1 aromatic carbocycles. The molecule has 0 aliphatic heterocycles. The zero-order valence-corrected chi connectivity index (χ0v) is 8.34. The fourth-order valence-electron chi connectivity index (χ4n) is 1.04. The molecular formula is C8H4Cl2N2O2. The Morgan fingerprint density at radius 1 is 1.50 bits per heavy atom. The lowest BCUT2D eigenvalue weighted by molar-refractivity contribution is -0.385. The summed E-state index contributed by atoms with van der Waals surface area (Å²) in [7, 11) is 0. The summed E-state index contributed by atoms with van der Waals surface area (Å²) in [6.45, 7) is 0. The first-order chi connectivity index (χ1) is 6.56. The molecule has 0 aliphatic carbocycles. The molecule has 0 radical (unpaired) electrons. The van der Waals surface area contributed by atoms with Gasteiger partial charge in [-0.3, -0.25) is 10.1 Å². The van der Waals surface area contributed by atoms with E-state index in [0.29, 0.717) is 0 Å². The maximum atomic E-state index is 10.6. The van der Waals surface area contributed by atoms with Crippen LogP contribution in [0, 0.1) is 21.4 Å². The van der Waals surface area contributed by atoms with Crippen molar-refractivity contribution in [3.63, 3.8) is 0 Å². The van der Waals surface area contributed by atoms with E-state index in [1.165, 1.54) is 12.1 Å². The third-order valence-electron chi connectivity index (χ3n) is 1.56. The van der Waals surface area contributed by atoms with Crippen LogP contribution in [0.15, 0.2) is 12.1 Å². The lowest BCUT2D eigenvalue weighted by atomic mass is 10.1. The highest BCUT2D eigenvalue weighted by Crippen LogP contribution is 2.32. The number of halogens is 2. The molecule has 0 saturated carbocycles. The van der Waals surface area contributed by atoms with E-state index in [9.17, 15) is 10.1 Å².